The second-order valence-electron chi connectivity index (χ2n) is 9.40. The van der Waals surface area contributed by atoms with Crippen LogP contribution in [0.25, 0.3) is 0 Å². The van der Waals surface area contributed by atoms with E-state index in [9.17, 15) is 4.79 Å². The number of anilines is 1. The van der Waals surface area contributed by atoms with Crippen LogP contribution in [0.2, 0.25) is 5.02 Å². The molecule has 2 aromatic carbocycles. The molecule has 1 unspecified atom stereocenters. The highest BCUT2D eigenvalue weighted by Gasteiger charge is 2.35. The molecule has 0 spiro atoms. The average molecular weight is 517 g/mol. The summed E-state index contributed by atoms with van der Waals surface area (Å²) in [7, 11) is 0. The van der Waals surface area contributed by atoms with Crippen molar-refractivity contribution in [2.75, 3.05) is 11.2 Å². The summed E-state index contributed by atoms with van der Waals surface area (Å²) in [6, 6.07) is 14.5. The van der Waals surface area contributed by atoms with Gasteiger partial charge in [-0.3, -0.25) is 5.01 Å². The fraction of sp³-hybridized carbons (Fsp3) is 0.385. The van der Waals surface area contributed by atoms with Crippen LogP contribution in [0, 0.1) is 0 Å². The van der Waals surface area contributed by atoms with Crippen LogP contribution in [-0.4, -0.2) is 40.3 Å². The summed E-state index contributed by atoms with van der Waals surface area (Å²) in [5.74, 6) is 7.25. The Hall–Kier alpha value is -2.68. The molecule has 35 heavy (non-hydrogen) atoms. The first kappa shape index (κ1) is 26.9. The van der Waals surface area contributed by atoms with Crippen LogP contribution in [0.15, 0.2) is 65.4 Å². The Morgan fingerprint density at radius 3 is 2.34 bits per heavy atom. The lowest BCUT2D eigenvalue weighted by Crippen LogP contribution is -2.53. The topological polar surface area (TPSA) is 80.4 Å². The normalized spacial score (nSPS) is 16.0. The molecule has 0 aliphatic carbocycles. The first-order chi connectivity index (χ1) is 16.5. The maximum absolute atomic E-state index is 13.5. The van der Waals surface area contributed by atoms with E-state index in [0.717, 1.165) is 5.56 Å². The first-order valence-electron chi connectivity index (χ1n) is 11.4. The van der Waals surface area contributed by atoms with Gasteiger partial charge in [0, 0.05) is 11.4 Å². The SMILES string of the molecule is CSC1=NC=C(N(C(=O)OC(C)(C)C)c2ccc(OC(C)C)cc2)C(Cc2ccc(Cl)cc2)N1N. The van der Waals surface area contributed by atoms with Crippen LogP contribution in [-0.2, 0) is 11.2 Å². The molecule has 1 atom stereocenters. The molecule has 0 radical (unpaired) electrons. The highest BCUT2D eigenvalue weighted by Crippen LogP contribution is 2.32. The number of hydrogen-bond donors (Lipinski definition) is 1. The van der Waals surface area contributed by atoms with Gasteiger partial charge in [-0.2, -0.15) is 0 Å². The lowest BCUT2D eigenvalue weighted by atomic mass is 10.0. The number of rotatable bonds is 6. The van der Waals surface area contributed by atoms with Gasteiger partial charge in [0.2, 0.25) is 0 Å². The number of thioether (sulfide) groups is 1. The number of carbonyl (C=O) groups is 1. The largest absolute Gasteiger partial charge is 0.491 e. The molecule has 0 bridgehead atoms. The minimum absolute atomic E-state index is 0.0396. The van der Waals surface area contributed by atoms with Gasteiger partial charge in [-0.05, 0) is 82.8 Å². The van der Waals surface area contributed by atoms with Gasteiger partial charge in [0.05, 0.1) is 29.7 Å². The number of amidine groups is 1. The molecular formula is C26H33ClN4O3S. The Morgan fingerprint density at radius 2 is 1.80 bits per heavy atom. The Balaban J connectivity index is 2.06. The van der Waals surface area contributed by atoms with Crippen molar-refractivity contribution in [3.63, 3.8) is 0 Å². The molecule has 1 amide bonds. The quantitative estimate of drug-likeness (QED) is 0.458. The molecule has 1 aliphatic heterocycles. The van der Waals surface area contributed by atoms with E-state index >= 15 is 0 Å². The molecule has 0 fully saturated rings. The van der Waals surface area contributed by atoms with Crippen LogP contribution in [0.1, 0.15) is 40.2 Å². The van der Waals surface area contributed by atoms with Gasteiger partial charge in [0.1, 0.15) is 11.4 Å². The minimum Gasteiger partial charge on any atom is -0.491 e. The van der Waals surface area contributed by atoms with E-state index in [1.54, 1.807) is 11.2 Å². The third-order valence-electron chi connectivity index (χ3n) is 5.03. The molecule has 0 saturated heterocycles. The highest BCUT2D eigenvalue weighted by atomic mass is 35.5. The second-order valence-corrected chi connectivity index (χ2v) is 10.6. The molecular weight excluding hydrogens is 484 g/mol. The van der Waals surface area contributed by atoms with Crippen LogP contribution >= 0.6 is 23.4 Å². The van der Waals surface area contributed by atoms with Crippen LogP contribution in [0.5, 0.6) is 5.75 Å². The van der Waals surface area contributed by atoms with Crippen LogP contribution in [0.3, 0.4) is 0 Å². The third kappa shape index (κ3) is 7.16. The molecule has 7 nitrogen and oxygen atoms in total. The van der Waals surface area contributed by atoms with Gasteiger partial charge in [0.15, 0.2) is 5.17 Å². The van der Waals surface area contributed by atoms with Crippen molar-refractivity contribution in [3.8, 4) is 5.75 Å². The average Bonchev–Trinajstić information content (AvgIpc) is 2.77. The number of hydrazine groups is 1. The standard InChI is InChI=1S/C26H33ClN4O3S/c1-17(2)33-21-13-11-20(12-14-21)30(25(32)34-26(3,4)5)23-16-29-24(35-6)31(28)22(23)15-18-7-9-19(27)10-8-18/h7-14,16-17,22H,15,28H2,1-6H3. The van der Waals surface area contributed by atoms with Crippen molar-refractivity contribution in [3.05, 3.63) is 71.0 Å². The number of nitrogens with zero attached hydrogens (tertiary/aromatic N) is 3. The minimum atomic E-state index is -0.687. The van der Waals surface area contributed by atoms with E-state index in [0.29, 0.717) is 33.7 Å². The molecule has 9 heteroatoms. The highest BCUT2D eigenvalue weighted by molar-refractivity contribution is 8.13. The maximum Gasteiger partial charge on any atom is 0.419 e. The zero-order chi connectivity index (χ0) is 25.8. The van der Waals surface area contributed by atoms with E-state index in [-0.39, 0.29) is 12.1 Å². The number of nitrogens with two attached hydrogens (primary N) is 1. The molecule has 0 aromatic heterocycles. The van der Waals surface area contributed by atoms with Gasteiger partial charge in [-0.15, -0.1) is 0 Å². The fourth-order valence-corrected chi connectivity index (χ4v) is 4.20. The Bertz CT molecular complexity index is 1080. The number of aliphatic imine (C=N–C) groups is 1. The fourth-order valence-electron chi connectivity index (χ4n) is 3.57. The van der Waals surface area contributed by atoms with Crippen molar-refractivity contribution in [1.29, 1.82) is 0 Å². The summed E-state index contributed by atoms with van der Waals surface area (Å²) in [4.78, 5) is 19.6. The molecule has 2 N–H and O–H groups in total. The molecule has 3 rings (SSSR count). The van der Waals surface area contributed by atoms with Crippen molar-refractivity contribution >= 4 is 40.3 Å². The number of amides is 1. The number of ether oxygens (including phenoxy) is 2. The van der Waals surface area contributed by atoms with E-state index in [1.807, 2.05) is 89.4 Å². The van der Waals surface area contributed by atoms with E-state index in [2.05, 4.69) is 4.99 Å². The second kappa shape index (κ2) is 11.4. The maximum atomic E-state index is 13.5. The summed E-state index contributed by atoms with van der Waals surface area (Å²) in [5, 5.41) is 2.91. The summed E-state index contributed by atoms with van der Waals surface area (Å²) >= 11 is 7.53. The van der Waals surface area contributed by atoms with Gasteiger partial charge >= 0.3 is 6.09 Å². The smallest absolute Gasteiger partial charge is 0.419 e. The van der Waals surface area contributed by atoms with Gasteiger partial charge in [-0.25, -0.2) is 20.5 Å². The lowest BCUT2D eigenvalue weighted by molar-refractivity contribution is 0.0586. The molecule has 1 heterocycles. The van der Waals surface area contributed by atoms with Crippen molar-refractivity contribution in [1.82, 2.24) is 5.01 Å². The predicted molar refractivity (Wildman–Crippen MR) is 145 cm³/mol. The third-order valence-corrected chi connectivity index (χ3v) is 5.96. The monoisotopic (exact) mass is 516 g/mol. The number of benzene rings is 2. The summed E-state index contributed by atoms with van der Waals surface area (Å²) in [5.41, 5.74) is 1.56. The van der Waals surface area contributed by atoms with Gasteiger partial charge in [0.25, 0.3) is 0 Å². The van der Waals surface area contributed by atoms with Crippen LogP contribution in [0.4, 0.5) is 10.5 Å². The zero-order valence-corrected chi connectivity index (χ0v) is 22.6. The summed E-state index contributed by atoms with van der Waals surface area (Å²) in [6.07, 6.45) is 3.66. The van der Waals surface area contributed by atoms with Gasteiger partial charge < -0.3 is 9.47 Å². The lowest BCUT2D eigenvalue weighted by Gasteiger charge is -2.38. The Labute approximate surface area is 216 Å². The molecule has 2 aromatic rings. The molecule has 188 valence electrons. The van der Waals surface area contributed by atoms with Crippen LogP contribution < -0.4 is 15.5 Å². The van der Waals surface area contributed by atoms with E-state index < -0.39 is 11.7 Å². The van der Waals surface area contributed by atoms with Crippen molar-refractivity contribution < 1.29 is 14.3 Å². The van der Waals surface area contributed by atoms with E-state index in [4.69, 9.17) is 26.9 Å². The molecule has 0 saturated carbocycles. The van der Waals surface area contributed by atoms with E-state index in [1.165, 1.54) is 16.7 Å². The summed E-state index contributed by atoms with van der Waals surface area (Å²) in [6.45, 7) is 9.44. The van der Waals surface area contributed by atoms with Crippen molar-refractivity contribution in [2.45, 2.75) is 58.8 Å². The predicted octanol–water partition coefficient (Wildman–Crippen LogP) is 6.23. The first-order valence-corrected chi connectivity index (χ1v) is 13.0. The van der Waals surface area contributed by atoms with Crippen molar-refractivity contribution in [2.24, 2.45) is 10.8 Å². The zero-order valence-electron chi connectivity index (χ0n) is 21.0. The number of halogens is 1. The molecule has 1 aliphatic rings. The summed E-state index contributed by atoms with van der Waals surface area (Å²) < 4.78 is 11.6. The number of carbonyl (C=O) groups excluding carboxylic acids is 1. The Kier molecular flexibility index (Phi) is 8.74. The number of hydrogen-bond acceptors (Lipinski definition) is 7. The Morgan fingerprint density at radius 1 is 1.17 bits per heavy atom. The van der Waals surface area contributed by atoms with Gasteiger partial charge in [-0.1, -0.05) is 35.5 Å².